The number of nitrogens with zero attached hydrogens (tertiary/aromatic N) is 1. The van der Waals surface area contributed by atoms with Crippen molar-refractivity contribution in [2.45, 2.75) is 65.5 Å². The summed E-state index contributed by atoms with van der Waals surface area (Å²) in [5, 5.41) is 3.79. The number of hydrogen-bond acceptors (Lipinski definition) is 3. The van der Waals surface area contributed by atoms with Crippen molar-refractivity contribution < 1.29 is 4.74 Å². The molecule has 0 bridgehead atoms. The van der Waals surface area contributed by atoms with E-state index in [9.17, 15) is 0 Å². The van der Waals surface area contributed by atoms with E-state index in [0.29, 0.717) is 17.5 Å². The summed E-state index contributed by atoms with van der Waals surface area (Å²) in [6.07, 6.45) is 4.00. The summed E-state index contributed by atoms with van der Waals surface area (Å²) in [6, 6.07) is 0.632. The maximum Gasteiger partial charge on any atom is 0.0593 e. The Balaban J connectivity index is 1.82. The third-order valence-electron chi connectivity index (χ3n) is 5.47. The molecular formula is C18H36N2O. The smallest absolute Gasteiger partial charge is 0.0593 e. The highest BCUT2D eigenvalue weighted by Crippen LogP contribution is 2.44. The van der Waals surface area contributed by atoms with Gasteiger partial charge in [0.2, 0.25) is 0 Å². The van der Waals surface area contributed by atoms with E-state index in [1.807, 2.05) is 0 Å². The lowest BCUT2D eigenvalue weighted by Gasteiger charge is -2.49. The first-order valence-corrected chi connectivity index (χ1v) is 8.99. The molecule has 0 spiro atoms. The van der Waals surface area contributed by atoms with Crippen LogP contribution in [0.4, 0.5) is 0 Å². The normalized spacial score (nSPS) is 31.3. The van der Waals surface area contributed by atoms with Gasteiger partial charge < -0.3 is 10.1 Å². The van der Waals surface area contributed by atoms with E-state index in [4.69, 9.17) is 4.74 Å². The van der Waals surface area contributed by atoms with Crippen molar-refractivity contribution in [1.82, 2.24) is 10.2 Å². The number of rotatable bonds is 8. The molecule has 1 saturated carbocycles. The minimum atomic E-state index is 0.354. The predicted molar refractivity (Wildman–Crippen MR) is 89.6 cm³/mol. The van der Waals surface area contributed by atoms with Crippen molar-refractivity contribution in [1.29, 1.82) is 0 Å². The predicted octanol–water partition coefficient (Wildman–Crippen LogP) is 3.15. The lowest BCUT2D eigenvalue weighted by atomic mass is 9.87. The Morgan fingerprint density at radius 3 is 2.48 bits per heavy atom. The van der Waals surface area contributed by atoms with E-state index in [0.717, 1.165) is 38.1 Å². The molecule has 0 aromatic carbocycles. The van der Waals surface area contributed by atoms with Crippen LogP contribution in [0.5, 0.6) is 0 Å². The fourth-order valence-corrected chi connectivity index (χ4v) is 3.46. The molecule has 124 valence electrons. The van der Waals surface area contributed by atoms with Gasteiger partial charge in [-0.1, -0.05) is 27.7 Å². The highest BCUT2D eigenvalue weighted by atomic mass is 16.5. The maximum atomic E-state index is 5.87. The van der Waals surface area contributed by atoms with Crippen LogP contribution in [0.2, 0.25) is 0 Å². The van der Waals surface area contributed by atoms with Gasteiger partial charge in [-0.05, 0) is 43.9 Å². The summed E-state index contributed by atoms with van der Waals surface area (Å²) in [4.78, 5) is 2.72. The van der Waals surface area contributed by atoms with E-state index >= 15 is 0 Å². The zero-order valence-corrected chi connectivity index (χ0v) is 14.8. The van der Waals surface area contributed by atoms with Gasteiger partial charge in [-0.25, -0.2) is 0 Å². The Morgan fingerprint density at radius 1 is 1.19 bits per heavy atom. The summed E-state index contributed by atoms with van der Waals surface area (Å²) < 4.78 is 5.87. The van der Waals surface area contributed by atoms with Gasteiger partial charge in [-0.2, -0.15) is 0 Å². The molecule has 0 aromatic heterocycles. The second kappa shape index (κ2) is 7.43. The molecule has 0 radical (unpaired) electrons. The van der Waals surface area contributed by atoms with Gasteiger partial charge in [0.25, 0.3) is 0 Å². The summed E-state index contributed by atoms with van der Waals surface area (Å²) in [5.74, 6) is 2.35. The van der Waals surface area contributed by atoms with Crippen LogP contribution >= 0.6 is 0 Å². The zero-order valence-electron chi connectivity index (χ0n) is 14.8. The van der Waals surface area contributed by atoms with Gasteiger partial charge in [0.05, 0.1) is 6.61 Å². The molecular weight excluding hydrogens is 260 g/mol. The second-order valence-corrected chi connectivity index (χ2v) is 8.10. The molecule has 3 nitrogen and oxygen atoms in total. The van der Waals surface area contributed by atoms with E-state index in [1.54, 1.807) is 0 Å². The minimum Gasteiger partial charge on any atom is -0.380 e. The van der Waals surface area contributed by atoms with Crippen LogP contribution in [0.25, 0.3) is 0 Å². The molecule has 2 atom stereocenters. The van der Waals surface area contributed by atoms with Crippen LogP contribution < -0.4 is 5.32 Å². The highest BCUT2D eigenvalue weighted by molar-refractivity contribution is 5.05. The molecule has 1 aliphatic heterocycles. The Hall–Kier alpha value is -0.120. The van der Waals surface area contributed by atoms with E-state index in [1.165, 1.54) is 25.8 Å². The van der Waals surface area contributed by atoms with Crippen molar-refractivity contribution >= 4 is 0 Å². The first kappa shape index (κ1) is 17.2. The zero-order chi connectivity index (χ0) is 15.5. The molecule has 1 heterocycles. The molecule has 1 saturated heterocycles. The van der Waals surface area contributed by atoms with Crippen LogP contribution in [-0.2, 0) is 4.74 Å². The summed E-state index contributed by atoms with van der Waals surface area (Å²) in [6.45, 7) is 16.9. The van der Waals surface area contributed by atoms with Crippen LogP contribution in [0.1, 0.15) is 53.9 Å². The fourth-order valence-electron chi connectivity index (χ4n) is 3.46. The van der Waals surface area contributed by atoms with E-state index < -0.39 is 0 Å². The van der Waals surface area contributed by atoms with Gasteiger partial charge in [0, 0.05) is 37.8 Å². The highest BCUT2D eigenvalue weighted by Gasteiger charge is 2.48. The largest absolute Gasteiger partial charge is 0.380 e. The average molecular weight is 296 g/mol. The Morgan fingerprint density at radius 2 is 1.90 bits per heavy atom. The third-order valence-corrected chi connectivity index (χ3v) is 5.47. The topological polar surface area (TPSA) is 24.5 Å². The van der Waals surface area contributed by atoms with Crippen LogP contribution in [0.3, 0.4) is 0 Å². The monoisotopic (exact) mass is 296 g/mol. The molecule has 0 aromatic rings. The average Bonchev–Trinajstić information content (AvgIpc) is 3.24. The van der Waals surface area contributed by atoms with Gasteiger partial charge >= 0.3 is 0 Å². The molecule has 3 heteroatoms. The van der Waals surface area contributed by atoms with Crippen LogP contribution in [0.15, 0.2) is 0 Å². The molecule has 2 unspecified atom stereocenters. The SMILES string of the molecule is CC(C)CCOCCN1CC(C(C)C)NCC1(C)C1CC1. The molecule has 1 aliphatic carbocycles. The minimum absolute atomic E-state index is 0.354. The summed E-state index contributed by atoms with van der Waals surface area (Å²) >= 11 is 0. The van der Waals surface area contributed by atoms with Gasteiger partial charge in [0.1, 0.15) is 0 Å². The van der Waals surface area contributed by atoms with E-state index in [-0.39, 0.29) is 0 Å². The number of piperazine rings is 1. The van der Waals surface area contributed by atoms with Gasteiger partial charge in [-0.15, -0.1) is 0 Å². The lowest BCUT2D eigenvalue weighted by Crippen LogP contribution is -2.65. The first-order valence-electron chi connectivity index (χ1n) is 8.99. The molecule has 2 fully saturated rings. The lowest BCUT2D eigenvalue weighted by molar-refractivity contribution is -0.000747. The molecule has 21 heavy (non-hydrogen) atoms. The van der Waals surface area contributed by atoms with Crippen molar-refractivity contribution in [3.63, 3.8) is 0 Å². The maximum absolute atomic E-state index is 5.87. The van der Waals surface area contributed by atoms with Crippen molar-refractivity contribution in [2.24, 2.45) is 17.8 Å². The van der Waals surface area contributed by atoms with Crippen molar-refractivity contribution in [3.05, 3.63) is 0 Å². The van der Waals surface area contributed by atoms with Crippen LogP contribution in [-0.4, -0.2) is 49.3 Å². The van der Waals surface area contributed by atoms with Crippen molar-refractivity contribution in [2.75, 3.05) is 32.8 Å². The number of nitrogens with one attached hydrogen (secondary N) is 1. The van der Waals surface area contributed by atoms with Crippen molar-refractivity contribution in [3.8, 4) is 0 Å². The number of ether oxygens (including phenoxy) is 1. The summed E-state index contributed by atoms with van der Waals surface area (Å²) in [7, 11) is 0. The Bertz CT molecular complexity index is 314. The Kier molecular flexibility index (Phi) is 6.10. The molecule has 2 aliphatic rings. The second-order valence-electron chi connectivity index (χ2n) is 8.10. The molecule has 1 N–H and O–H groups in total. The van der Waals surface area contributed by atoms with Gasteiger partial charge in [0.15, 0.2) is 0 Å². The fraction of sp³-hybridized carbons (Fsp3) is 1.00. The van der Waals surface area contributed by atoms with E-state index in [2.05, 4.69) is 44.8 Å². The standard InChI is InChI=1S/C18H36N2O/c1-14(2)8-10-21-11-9-20-12-17(15(3)4)19-13-18(20,5)16-6-7-16/h14-17,19H,6-13H2,1-5H3. The molecule has 0 amide bonds. The third kappa shape index (κ3) is 4.67. The Labute approximate surface area is 131 Å². The summed E-state index contributed by atoms with van der Waals surface area (Å²) in [5.41, 5.74) is 0.354. The first-order chi connectivity index (χ1) is 9.93. The number of hydrogen-bond donors (Lipinski definition) is 1. The van der Waals surface area contributed by atoms with Crippen LogP contribution in [0, 0.1) is 17.8 Å². The van der Waals surface area contributed by atoms with Gasteiger partial charge in [-0.3, -0.25) is 4.90 Å². The quantitative estimate of drug-likeness (QED) is 0.696. The molecule has 2 rings (SSSR count).